The van der Waals surface area contributed by atoms with E-state index in [1.54, 1.807) is 0 Å². The number of hydrogen-bond donors (Lipinski definition) is 1. The second-order valence-electron chi connectivity index (χ2n) is 5.23. The van der Waals surface area contributed by atoms with Crippen molar-refractivity contribution in [2.45, 2.75) is 51.0 Å². The molecule has 0 amide bonds. The van der Waals surface area contributed by atoms with Crippen LogP contribution in [0.15, 0.2) is 16.6 Å². The van der Waals surface area contributed by atoms with Crippen LogP contribution in [0.2, 0.25) is 0 Å². The topological polar surface area (TPSA) is 12.0 Å². The van der Waals surface area contributed by atoms with E-state index in [1.807, 2.05) is 0 Å². The van der Waals surface area contributed by atoms with Crippen LogP contribution in [-0.2, 0) is 0 Å². The van der Waals surface area contributed by atoms with E-state index in [0.717, 1.165) is 38.6 Å². The van der Waals surface area contributed by atoms with Gasteiger partial charge in [-0.1, -0.05) is 19.8 Å². The normalized spacial score (nSPS) is 24.2. The molecule has 1 aliphatic carbocycles. The Hall–Kier alpha value is -0.480. The molecular formula is C15H20BrF2N. The van der Waals surface area contributed by atoms with E-state index in [1.165, 1.54) is 12.1 Å². The van der Waals surface area contributed by atoms with Crippen LogP contribution in [0.5, 0.6) is 0 Å². The summed E-state index contributed by atoms with van der Waals surface area (Å²) in [6.07, 6.45) is 4.95. The summed E-state index contributed by atoms with van der Waals surface area (Å²) in [6, 6.07) is 3.16. The predicted molar refractivity (Wildman–Crippen MR) is 77.3 cm³/mol. The van der Waals surface area contributed by atoms with E-state index in [2.05, 4.69) is 28.2 Å². The van der Waals surface area contributed by atoms with Gasteiger partial charge >= 0.3 is 0 Å². The summed E-state index contributed by atoms with van der Waals surface area (Å²) in [5.41, 5.74) is 0.263. The van der Waals surface area contributed by atoms with Crippen molar-refractivity contribution < 1.29 is 8.78 Å². The lowest BCUT2D eigenvalue weighted by Crippen LogP contribution is -2.29. The van der Waals surface area contributed by atoms with Crippen molar-refractivity contribution in [2.24, 2.45) is 0 Å². The van der Waals surface area contributed by atoms with Gasteiger partial charge in [0.1, 0.15) is 11.6 Å². The summed E-state index contributed by atoms with van der Waals surface area (Å²) in [5.74, 6) is -0.867. The second-order valence-corrected chi connectivity index (χ2v) is 6.08. The van der Waals surface area contributed by atoms with E-state index in [0.29, 0.717) is 10.5 Å². The molecule has 0 radical (unpaired) electrons. The van der Waals surface area contributed by atoms with Gasteiger partial charge in [0.15, 0.2) is 0 Å². The van der Waals surface area contributed by atoms with Gasteiger partial charge in [0, 0.05) is 11.6 Å². The fourth-order valence-electron chi connectivity index (χ4n) is 3.01. The van der Waals surface area contributed by atoms with Crippen LogP contribution in [0.25, 0.3) is 0 Å². The molecule has 2 rings (SSSR count). The quantitative estimate of drug-likeness (QED) is 0.622. The Labute approximate surface area is 121 Å². The third-order valence-electron chi connectivity index (χ3n) is 3.90. The first kappa shape index (κ1) is 14.9. The maximum absolute atomic E-state index is 14.2. The van der Waals surface area contributed by atoms with Gasteiger partial charge in [-0.15, -0.1) is 0 Å². The van der Waals surface area contributed by atoms with Crippen molar-refractivity contribution in [1.82, 2.24) is 5.32 Å². The molecule has 1 N–H and O–H groups in total. The highest BCUT2D eigenvalue weighted by molar-refractivity contribution is 9.10. The van der Waals surface area contributed by atoms with Gasteiger partial charge in [-0.05, 0) is 59.8 Å². The SMILES string of the molecule is CCNC1CCCCC(c2c(F)ccc(Br)c2F)C1. The third kappa shape index (κ3) is 3.54. The highest BCUT2D eigenvalue weighted by Gasteiger charge is 2.26. The highest BCUT2D eigenvalue weighted by Crippen LogP contribution is 2.36. The summed E-state index contributed by atoms with van der Waals surface area (Å²) in [7, 11) is 0. The Balaban J connectivity index is 2.26. The van der Waals surface area contributed by atoms with Gasteiger partial charge in [-0.3, -0.25) is 0 Å². The van der Waals surface area contributed by atoms with Crippen molar-refractivity contribution in [3.05, 3.63) is 33.8 Å². The largest absolute Gasteiger partial charge is 0.314 e. The summed E-state index contributed by atoms with van der Waals surface area (Å²) in [5, 5.41) is 3.42. The number of halogens is 3. The van der Waals surface area contributed by atoms with Crippen molar-refractivity contribution in [1.29, 1.82) is 0 Å². The van der Waals surface area contributed by atoms with Crippen molar-refractivity contribution >= 4 is 15.9 Å². The molecular weight excluding hydrogens is 312 g/mol. The van der Waals surface area contributed by atoms with Gasteiger partial charge in [0.05, 0.1) is 4.47 Å². The van der Waals surface area contributed by atoms with E-state index in [9.17, 15) is 8.78 Å². The number of nitrogens with one attached hydrogen (secondary N) is 1. The molecule has 0 spiro atoms. The Kier molecular flexibility index (Phi) is 5.34. The maximum atomic E-state index is 14.2. The summed E-state index contributed by atoms with van der Waals surface area (Å²) < 4.78 is 28.5. The number of benzene rings is 1. The van der Waals surface area contributed by atoms with Crippen LogP contribution in [0.3, 0.4) is 0 Å². The lowest BCUT2D eigenvalue weighted by molar-refractivity contribution is 0.429. The van der Waals surface area contributed by atoms with Crippen LogP contribution in [-0.4, -0.2) is 12.6 Å². The highest BCUT2D eigenvalue weighted by atomic mass is 79.9. The van der Waals surface area contributed by atoms with Crippen LogP contribution >= 0.6 is 15.9 Å². The monoisotopic (exact) mass is 331 g/mol. The molecule has 0 aromatic heterocycles. The molecule has 0 aliphatic heterocycles. The van der Waals surface area contributed by atoms with E-state index < -0.39 is 11.6 Å². The molecule has 19 heavy (non-hydrogen) atoms. The zero-order valence-corrected chi connectivity index (χ0v) is 12.8. The molecule has 0 bridgehead atoms. The lowest BCUT2D eigenvalue weighted by atomic mass is 9.89. The average Bonchev–Trinajstić information content (AvgIpc) is 2.61. The molecule has 106 valence electrons. The molecule has 1 nitrogen and oxygen atoms in total. The van der Waals surface area contributed by atoms with Gasteiger partial charge in [-0.2, -0.15) is 0 Å². The predicted octanol–water partition coefficient (Wildman–Crippen LogP) is 4.75. The smallest absolute Gasteiger partial charge is 0.143 e. The second kappa shape index (κ2) is 6.80. The molecule has 2 unspecified atom stereocenters. The summed E-state index contributed by atoms with van der Waals surface area (Å²) in [4.78, 5) is 0. The van der Waals surface area contributed by atoms with Crippen molar-refractivity contribution in [2.75, 3.05) is 6.54 Å². The van der Waals surface area contributed by atoms with Crippen LogP contribution in [0, 0.1) is 11.6 Å². The fraction of sp³-hybridized carbons (Fsp3) is 0.600. The molecule has 1 aromatic rings. The Morgan fingerprint density at radius 3 is 2.74 bits per heavy atom. The Morgan fingerprint density at radius 2 is 2.00 bits per heavy atom. The Morgan fingerprint density at radius 1 is 1.26 bits per heavy atom. The van der Waals surface area contributed by atoms with Crippen LogP contribution < -0.4 is 5.32 Å². The minimum atomic E-state index is -0.429. The Bertz CT molecular complexity index is 436. The molecule has 0 saturated heterocycles. The fourth-order valence-corrected chi connectivity index (χ4v) is 3.36. The maximum Gasteiger partial charge on any atom is 0.143 e. The van der Waals surface area contributed by atoms with Gasteiger partial charge < -0.3 is 5.32 Å². The molecule has 1 aliphatic rings. The van der Waals surface area contributed by atoms with Crippen molar-refractivity contribution in [3.63, 3.8) is 0 Å². The first-order valence-electron chi connectivity index (χ1n) is 7.00. The molecule has 1 aromatic carbocycles. The molecule has 0 heterocycles. The standard InChI is InChI=1S/C15H20BrF2N/c1-2-19-11-6-4-3-5-10(9-11)14-13(17)8-7-12(16)15(14)18/h7-8,10-11,19H,2-6,9H2,1H3. The number of rotatable bonds is 3. The molecule has 4 heteroatoms. The molecule has 2 atom stereocenters. The van der Waals surface area contributed by atoms with Crippen LogP contribution in [0.1, 0.15) is 50.5 Å². The minimum absolute atomic E-state index is 0.0240. The van der Waals surface area contributed by atoms with E-state index >= 15 is 0 Å². The van der Waals surface area contributed by atoms with Gasteiger partial charge in [-0.25, -0.2) is 8.78 Å². The van der Waals surface area contributed by atoms with Gasteiger partial charge in [0.25, 0.3) is 0 Å². The number of hydrogen-bond acceptors (Lipinski definition) is 1. The summed E-state index contributed by atoms with van der Waals surface area (Å²) in [6.45, 7) is 2.97. The molecule has 1 fully saturated rings. The van der Waals surface area contributed by atoms with Crippen LogP contribution in [0.4, 0.5) is 8.78 Å². The van der Waals surface area contributed by atoms with Crippen molar-refractivity contribution in [3.8, 4) is 0 Å². The lowest BCUT2D eigenvalue weighted by Gasteiger charge is -2.22. The average molecular weight is 332 g/mol. The minimum Gasteiger partial charge on any atom is -0.314 e. The zero-order chi connectivity index (χ0) is 13.8. The van der Waals surface area contributed by atoms with E-state index in [-0.39, 0.29) is 11.5 Å². The summed E-state index contributed by atoms with van der Waals surface area (Å²) >= 11 is 3.15. The first-order valence-corrected chi connectivity index (χ1v) is 7.79. The van der Waals surface area contributed by atoms with Gasteiger partial charge in [0.2, 0.25) is 0 Å². The third-order valence-corrected chi connectivity index (χ3v) is 4.52. The first-order chi connectivity index (χ1) is 9.13. The zero-order valence-electron chi connectivity index (χ0n) is 11.2. The van der Waals surface area contributed by atoms with E-state index in [4.69, 9.17) is 0 Å². The molecule has 1 saturated carbocycles.